The van der Waals surface area contributed by atoms with Crippen molar-refractivity contribution in [1.82, 2.24) is 14.5 Å². The van der Waals surface area contributed by atoms with Crippen LogP contribution >= 0.6 is 0 Å². The smallest absolute Gasteiger partial charge is 0.257 e. The van der Waals surface area contributed by atoms with Gasteiger partial charge in [0.05, 0.1) is 24.2 Å². The van der Waals surface area contributed by atoms with Crippen LogP contribution in [0.15, 0.2) is 59.4 Å². The molecule has 0 fully saturated rings. The molecule has 0 spiro atoms. The third-order valence-corrected chi connectivity index (χ3v) is 5.97. The zero-order valence-corrected chi connectivity index (χ0v) is 20.2. The van der Waals surface area contributed by atoms with E-state index in [0.29, 0.717) is 41.3 Å². The summed E-state index contributed by atoms with van der Waals surface area (Å²) in [4.78, 5) is 33.6. The minimum Gasteiger partial charge on any atom is -0.329 e. The molecule has 3 aromatic rings. The van der Waals surface area contributed by atoms with Crippen molar-refractivity contribution in [3.05, 3.63) is 98.7 Å². The van der Waals surface area contributed by atoms with Gasteiger partial charge in [-0.15, -0.1) is 0 Å². The quantitative estimate of drug-likeness (QED) is 0.557. The van der Waals surface area contributed by atoms with Crippen LogP contribution < -0.4 is 11.3 Å². The lowest BCUT2D eigenvalue weighted by Crippen LogP contribution is -2.44. The SMILES string of the molecule is Cc1nc(C(C(C)C)N(CCN)C(=O)c2ccc(C#N)cc2)n(Cc2ccccc2)c(=O)c1C. The molecule has 2 N–H and O–H groups in total. The Morgan fingerprint density at radius 3 is 2.32 bits per heavy atom. The first-order chi connectivity index (χ1) is 16.3. The number of nitriles is 1. The maximum Gasteiger partial charge on any atom is 0.257 e. The van der Waals surface area contributed by atoms with Crippen molar-refractivity contribution < 1.29 is 4.79 Å². The Bertz CT molecular complexity index is 1240. The summed E-state index contributed by atoms with van der Waals surface area (Å²) in [6, 6.07) is 17.9. The highest BCUT2D eigenvalue weighted by atomic mass is 16.2. The summed E-state index contributed by atoms with van der Waals surface area (Å²) in [5, 5.41) is 9.09. The second-order valence-electron chi connectivity index (χ2n) is 8.72. The Morgan fingerprint density at radius 2 is 1.76 bits per heavy atom. The molecule has 0 bridgehead atoms. The fourth-order valence-electron chi connectivity index (χ4n) is 4.08. The molecule has 0 saturated heterocycles. The largest absolute Gasteiger partial charge is 0.329 e. The highest BCUT2D eigenvalue weighted by Gasteiger charge is 2.32. The summed E-state index contributed by atoms with van der Waals surface area (Å²) in [6.45, 7) is 8.53. The van der Waals surface area contributed by atoms with Crippen molar-refractivity contribution in [1.29, 1.82) is 5.26 Å². The number of nitrogens with two attached hydrogens (primary N) is 1. The highest BCUT2D eigenvalue weighted by molar-refractivity contribution is 5.94. The predicted octanol–water partition coefficient (Wildman–Crippen LogP) is 3.58. The molecule has 1 atom stereocenters. The zero-order valence-electron chi connectivity index (χ0n) is 20.2. The Kier molecular flexibility index (Phi) is 7.98. The van der Waals surface area contributed by atoms with Crippen LogP contribution in [0.25, 0.3) is 0 Å². The number of hydrogen-bond acceptors (Lipinski definition) is 5. The average Bonchev–Trinajstić information content (AvgIpc) is 2.84. The van der Waals surface area contributed by atoms with E-state index in [4.69, 9.17) is 16.0 Å². The monoisotopic (exact) mass is 457 g/mol. The third-order valence-electron chi connectivity index (χ3n) is 5.97. The molecule has 7 heteroatoms. The summed E-state index contributed by atoms with van der Waals surface area (Å²) in [7, 11) is 0. The molecule has 1 unspecified atom stereocenters. The van der Waals surface area contributed by atoms with Crippen LogP contribution in [0.3, 0.4) is 0 Å². The third kappa shape index (κ3) is 5.24. The van der Waals surface area contributed by atoms with Gasteiger partial charge in [-0.2, -0.15) is 5.26 Å². The molecule has 176 valence electrons. The van der Waals surface area contributed by atoms with Crippen molar-refractivity contribution >= 4 is 5.91 Å². The second kappa shape index (κ2) is 10.9. The number of benzene rings is 2. The van der Waals surface area contributed by atoms with Crippen molar-refractivity contribution in [2.45, 2.75) is 40.3 Å². The van der Waals surface area contributed by atoms with Crippen LogP contribution in [0.1, 0.15) is 58.5 Å². The molecule has 0 aliphatic rings. The average molecular weight is 458 g/mol. The second-order valence-corrected chi connectivity index (χ2v) is 8.72. The summed E-state index contributed by atoms with van der Waals surface area (Å²) < 4.78 is 1.68. The van der Waals surface area contributed by atoms with E-state index in [1.165, 1.54) is 0 Å². The zero-order chi connectivity index (χ0) is 24.8. The van der Waals surface area contributed by atoms with E-state index in [1.807, 2.05) is 51.1 Å². The van der Waals surface area contributed by atoms with E-state index in [-0.39, 0.29) is 23.9 Å². The molecule has 1 aromatic heterocycles. The summed E-state index contributed by atoms with van der Waals surface area (Å²) >= 11 is 0. The maximum absolute atomic E-state index is 13.6. The molecule has 1 heterocycles. The van der Waals surface area contributed by atoms with Gasteiger partial charge >= 0.3 is 0 Å². The Hall–Kier alpha value is -3.76. The normalized spacial score (nSPS) is 11.8. The van der Waals surface area contributed by atoms with Gasteiger partial charge in [-0.1, -0.05) is 44.2 Å². The number of nitrogens with zero attached hydrogens (tertiary/aromatic N) is 4. The van der Waals surface area contributed by atoms with Gasteiger partial charge in [0.15, 0.2) is 0 Å². The minimum absolute atomic E-state index is 0.0371. The maximum atomic E-state index is 13.6. The van der Waals surface area contributed by atoms with Crippen molar-refractivity contribution in [2.75, 3.05) is 13.1 Å². The van der Waals surface area contributed by atoms with Crippen LogP contribution in [0.4, 0.5) is 0 Å². The van der Waals surface area contributed by atoms with Crippen LogP contribution in [0, 0.1) is 31.1 Å². The molecule has 3 rings (SSSR count). The topological polar surface area (TPSA) is 105 Å². The lowest BCUT2D eigenvalue weighted by Gasteiger charge is -2.35. The van der Waals surface area contributed by atoms with Gasteiger partial charge in [-0.3, -0.25) is 14.2 Å². The molecule has 0 aliphatic heterocycles. The predicted molar refractivity (Wildman–Crippen MR) is 132 cm³/mol. The number of aromatic nitrogens is 2. The van der Waals surface area contributed by atoms with Crippen LogP contribution in [0.2, 0.25) is 0 Å². The van der Waals surface area contributed by atoms with Crippen molar-refractivity contribution in [3.8, 4) is 6.07 Å². The lowest BCUT2D eigenvalue weighted by atomic mass is 9.98. The highest BCUT2D eigenvalue weighted by Crippen LogP contribution is 2.29. The standard InChI is InChI=1S/C27H31N5O2/c1-18(2)24(31(15-14-28)27(34)23-12-10-21(16-29)11-13-23)25-30-20(4)19(3)26(33)32(25)17-22-8-6-5-7-9-22/h5-13,18,24H,14-15,17,28H2,1-4H3. The van der Waals surface area contributed by atoms with Crippen LogP contribution in [0.5, 0.6) is 0 Å². The van der Waals surface area contributed by atoms with E-state index in [0.717, 1.165) is 5.56 Å². The molecular formula is C27H31N5O2. The number of carbonyl (C=O) groups is 1. The molecular weight excluding hydrogens is 426 g/mol. The van der Waals surface area contributed by atoms with Gasteiger partial charge < -0.3 is 10.6 Å². The van der Waals surface area contributed by atoms with Gasteiger partial charge in [0.25, 0.3) is 11.5 Å². The van der Waals surface area contributed by atoms with Gasteiger partial charge in [0.2, 0.25) is 0 Å². The van der Waals surface area contributed by atoms with Gasteiger partial charge in [-0.25, -0.2) is 4.98 Å². The number of hydrogen-bond donors (Lipinski definition) is 1. The number of rotatable bonds is 8. The van der Waals surface area contributed by atoms with Gasteiger partial charge in [0, 0.05) is 29.9 Å². The van der Waals surface area contributed by atoms with Gasteiger partial charge in [0.1, 0.15) is 5.82 Å². The first-order valence-electron chi connectivity index (χ1n) is 11.4. The number of carbonyl (C=O) groups excluding carboxylic acids is 1. The summed E-state index contributed by atoms with van der Waals surface area (Å²) in [6.07, 6.45) is 0. The molecule has 7 nitrogen and oxygen atoms in total. The molecule has 2 aromatic carbocycles. The number of amides is 1. The van der Waals surface area contributed by atoms with E-state index in [9.17, 15) is 9.59 Å². The minimum atomic E-state index is -0.470. The molecule has 0 radical (unpaired) electrons. The first kappa shape index (κ1) is 24.9. The number of aryl methyl sites for hydroxylation is 1. The van der Waals surface area contributed by atoms with Crippen LogP contribution in [-0.2, 0) is 6.54 Å². The molecule has 34 heavy (non-hydrogen) atoms. The summed E-state index contributed by atoms with van der Waals surface area (Å²) in [5.41, 5.74) is 8.96. The van der Waals surface area contributed by atoms with Crippen LogP contribution in [-0.4, -0.2) is 33.4 Å². The fourth-order valence-corrected chi connectivity index (χ4v) is 4.08. The first-order valence-corrected chi connectivity index (χ1v) is 11.4. The molecule has 0 aliphatic carbocycles. The van der Waals surface area contributed by atoms with E-state index >= 15 is 0 Å². The van der Waals surface area contributed by atoms with E-state index in [2.05, 4.69) is 6.07 Å². The Morgan fingerprint density at radius 1 is 1.12 bits per heavy atom. The lowest BCUT2D eigenvalue weighted by molar-refractivity contribution is 0.0611. The Balaban J connectivity index is 2.16. The van der Waals surface area contributed by atoms with Crippen molar-refractivity contribution in [3.63, 3.8) is 0 Å². The Labute approximate surface area is 200 Å². The van der Waals surface area contributed by atoms with E-state index < -0.39 is 6.04 Å². The van der Waals surface area contributed by atoms with Gasteiger partial charge in [-0.05, 0) is 49.6 Å². The molecule has 0 saturated carbocycles. The molecule has 1 amide bonds. The fraction of sp³-hybridized carbons (Fsp3) is 0.333. The summed E-state index contributed by atoms with van der Waals surface area (Å²) in [5.74, 6) is 0.291. The van der Waals surface area contributed by atoms with Crippen molar-refractivity contribution in [2.24, 2.45) is 11.7 Å². The van der Waals surface area contributed by atoms with E-state index in [1.54, 1.807) is 40.7 Å².